The summed E-state index contributed by atoms with van der Waals surface area (Å²) in [6, 6.07) is 16.6. The Kier molecular flexibility index (Phi) is 10.4. The topological polar surface area (TPSA) is 255 Å². The van der Waals surface area contributed by atoms with Crippen molar-refractivity contribution in [2.45, 2.75) is 56.3 Å². The second-order valence-corrected chi connectivity index (χ2v) is 20.1. The van der Waals surface area contributed by atoms with E-state index in [-0.39, 0.29) is 137 Å². The first kappa shape index (κ1) is 48.6. The second-order valence-electron chi connectivity index (χ2n) is 20.1. The van der Waals surface area contributed by atoms with E-state index >= 15 is 0 Å². The average molecular weight is 1060 g/mol. The van der Waals surface area contributed by atoms with E-state index in [1.54, 1.807) is 61.1 Å². The molecule has 0 unspecified atom stereocenters. The summed E-state index contributed by atoms with van der Waals surface area (Å²) < 4.78 is 27.2. The lowest BCUT2D eigenvalue weighted by Gasteiger charge is -2.10. The molecule has 17 nitrogen and oxygen atoms in total. The highest BCUT2D eigenvalue weighted by molar-refractivity contribution is 6.01. The van der Waals surface area contributed by atoms with Crippen LogP contribution in [0.15, 0.2) is 196 Å². The highest BCUT2D eigenvalue weighted by Gasteiger charge is 2.43. The summed E-state index contributed by atoms with van der Waals surface area (Å²) >= 11 is 0. The smallest absolute Gasteiger partial charge is 0.193 e. The van der Waals surface area contributed by atoms with Crippen LogP contribution in [0.2, 0.25) is 0 Å². The predicted octanol–water partition coefficient (Wildman–Crippen LogP) is 5.57. The maximum absolute atomic E-state index is 13.1. The second kappa shape index (κ2) is 17.1. The summed E-state index contributed by atoms with van der Waals surface area (Å²) in [4.78, 5) is 151. The third-order valence-electron chi connectivity index (χ3n) is 16.1. The van der Waals surface area contributed by atoms with Crippen molar-refractivity contribution in [1.82, 2.24) is 0 Å². The molecule has 0 amide bonds. The quantitative estimate of drug-likeness (QED) is 0.133. The average Bonchev–Trinajstić information content (AvgIpc) is 4.35. The number of ether oxygens (including phenoxy) is 4. The minimum Gasteiger partial charge on any atom is -0.473 e. The molecule has 0 saturated heterocycles. The summed E-state index contributed by atoms with van der Waals surface area (Å²) in [5.74, 6) is 0. The lowest BCUT2D eigenvalue weighted by molar-refractivity contribution is 0.0872. The fraction of sp³-hybridized carbons (Fsp3) is 0.143. The molecule has 8 bridgehead atoms. The summed E-state index contributed by atoms with van der Waals surface area (Å²) in [6.45, 7) is 0. The number of furan rings is 1. The van der Waals surface area contributed by atoms with Crippen LogP contribution < -0.4 is 65.1 Å². The molecule has 9 aromatic carbocycles. The largest absolute Gasteiger partial charge is 0.473 e. The number of rotatable bonds is 0. The molecule has 8 aliphatic rings. The van der Waals surface area contributed by atoms with Crippen LogP contribution in [0.3, 0.4) is 0 Å². The van der Waals surface area contributed by atoms with Crippen LogP contribution in [-0.4, -0.2) is 0 Å². The molecule has 10 aromatic rings. The zero-order valence-corrected chi connectivity index (χ0v) is 40.3. The Morgan fingerprint density at radius 2 is 0.400 bits per heavy atom. The van der Waals surface area contributed by atoms with Crippen molar-refractivity contribution < 1.29 is 23.4 Å². The van der Waals surface area contributed by atoms with Gasteiger partial charge in [0, 0.05) is 109 Å². The van der Waals surface area contributed by atoms with E-state index in [9.17, 15) is 57.5 Å². The van der Waals surface area contributed by atoms with E-state index in [4.69, 9.17) is 18.9 Å². The van der Waals surface area contributed by atoms with Gasteiger partial charge in [-0.2, -0.15) is 0 Å². The van der Waals surface area contributed by atoms with Gasteiger partial charge in [0.2, 0.25) is 0 Å². The van der Waals surface area contributed by atoms with Crippen LogP contribution in [0.4, 0.5) is 0 Å². The first-order chi connectivity index (χ1) is 38.2. The van der Waals surface area contributed by atoms with Gasteiger partial charge in [0.25, 0.3) is 0 Å². The van der Waals surface area contributed by atoms with Gasteiger partial charge < -0.3 is 23.4 Å². The van der Waals surface area contributed by atoms with E-state index in [1.807, 2.05) is 12.1 Å². The van der Waals surface area contributed by atoms with Crippen LogP contribution >= 0.6 is 0 Å². The molecule has 80 heavy (non-hydrogen) atoms. The monoisotopic (exact) mass is 1060 g/mol. The molecule has 17 heteroatoms. The molecule has 0 N–H and O–H groups in total. The van der Waals surface area contributed by atoms with Gasteiger partial charge in [-0.05, 0) is 72.8 Å². The highest BCUT2D eigenvalue weighted by Crippen LogP contribution is 2.47. The van der Waals surface area contributed by atoms with E-state index in [0.717, 1.165) is 0 Å². The van der Waals surface area contributed by atoms with Crippen LogP contribution in [0.1, 0.15) is 101 Å². The van der Waals surface area contributed by atoms with Gasteiger partial charge >= 0.3 is 0 Å². The Labute approximate surface area is 443 Å². The molecule has 0 aliphatic carbocycles. The zero-order chi connectivity index (χ0) is 54.2. The van der Waals surface area contributed by atoms with Gasteiger partial charge in [-0.3, -0.25) is 57.5 Å². The Hall–Kier alpha value is -9.78. The third kappa shape index (κ3) is 6.53. The first-order valence-electron chi connectivity index (χ1n) is 24.9. The Morgan fingerprint density at radius 3 is 0.550 bits per heavy atom. The van der Waals surface area contributed by atoms with Crippen molar-refractivity contribution in [1.29, 1.82) is 0 Å². The van der Waals surface area contributed by atoms with Crippen molar-refractivity contribution in [2.75, 3.05) is 0 Å². The van der Waals surface area contributed by atoms with E-state index in [1.165, 1.54) is 60.7 Å². The maximum atomic E-state index is 13.1. The van der Waals surface area contributed by atoms with E-state index in [0.29, 0.717) is 44.5 Å². The van der Waals surface area contributed by atoms with E-state index in [2.05, 4.69) is 4.42 Å². The molecular weight excluding hydrogens is 1030 g/mol. The molecule has 388 valence electrons. The molecule has 9 heterocycles. The van der Waals surface area contributed by atoms with Crippen LogP contribution in [0.25, 0.3) is 64.6 Å². The maximum Gasteiger partial charge on any atom is 0.193 e. The number of hydrogen-bond donors (Lipinski definition) is 0. The standard InChI is InChI=1S/2C22H10O6.C14H6O4.C4H4O.CH4/c2*23-19-7-5-9-10(22(26)18-14-4-3-13(28-14)17(18)21(9)25)6-8(7)20(24)16-12-2-1-11(27-12)15(16)19;15-11-1-2-12(16)8-6-10-9(5-7(8)11)13(17)3-4-14(10)18;1-2-4-5-3-1;/h2*1-6,11-14H;1-6H;1-4H;1H4/t11-,12+,13+,14-;11-,12+,13-,14+;;;. The Balaban J connectivity index is 0.000000105. The minimum atomic E-state index is -0.517. The van der Waals surface area contributed by atoms with Crippen LogP contribution in [0, 0.1) is 0 Å². The van der Waals surface area contributed by atoms with Crippen molar-refractivity contribution in [3.05, 3.63) is 301 Å². The van der Waals surface area contributed by atoms with Gasteiger partial charge in [0.05, 0.1) is 12.5 Å². The Morgan fingerprint density at radius 1 is 0.237 bits per heavy atom. The van der Waals surface area contributed by atoms with Crippen molar-refractivity contribution >= 4 is 64.6 Å². The number of benzene rings is 9. The molecule has 0 spiro atoms. The van der Waals surface area contributed by atoms with Crippen molar-refractivity contribution in [3.63, 3.8) is 0 Å². The summed E-state index contributed by atoms with van der Waals surface area (Å²) in [6.07, 6.45) is 13.2. The Bertz CT molecular complexity index is 4500. The minimum absolute atomic E-state index is 0. The molecular formula is C63H34O17. The van der Waals surface area contributed by atoms with E-state index < -0.39 is 48.8 Å². The predicted molar refractivity (Wildman–Crippen MR) is 295 cm³/mol. The summed E-state index contributed by atoms with van der Waals surface area (Å²) in [5.41, 5.74) is -0.999. The van der Waals surface area contributed by atoms with Crippen molar-refractivity contribution in [2.24, 2.45) is 0 Å². The number of fused-ring (bicyclic) bond motifs is 26. The molecule has 0 fully saturated rings. The third-order valence-corrected chi connectivity index (χ3v) is 16.1. The van der Waals surface area contributed by atoms with Gasteiger partial charge in [0.1, 0.15) is 48.8 Å². The van der Waals surface area contributed by atoms with Gasteiger partial charge in [-0.25, -0.2) is 0 Å². The van der Waals surface area contributed by atoms with Gasteiger partial charge in [-0.15, -0.1) is 0 Å². The molecule has 18 rings (SSSR count). The fourth-order valence-electron chi connectivity index (χ4n) is 12.5. The molecule has 0 radical (unpaired) electrons. The van der Waals surface area contributed by atoms with Gasteiger partial charge in [-0.1, -0.05) is 56.0 Å². The van der Waals surface area contributed by atoms with Crippen molar-refractivity contribution in [3.8, 4) is 0 Å². The zero-order valence-electron chi connectivity index (χ0n) is 40.3. The summed E-state index contributed by atoms with van der Waals surface area (Å²) in [7, 11) is 0. The highest BCUT2D eigenvalue weighted by atomic mass is 16.5. The molecule has 8 aliphatic heterocycles. The molecule has 1 aromatic heterocycles. The summed E-state index contributed by atoms with van der Waals surface area (Å²) in [5, 5.41) is 2.02. The van der Waals surface area contributed by atoms with Gasteiger partial charge in [0.15, 0.2) is 65.1 Å². The van der Waals surface area contributed by atoms with Crippen LogP contribution in [-0.2, 0) is 18.9 Å². The fourth-order valence-corrected chi connectivity index (χ4v) is 12.5. The first-order valence-corrected chi connectivity index (χ1v) is 24.9. The SMILES string of the molecule is C.O=c1c2c(c(=O)c3cc4c(=O)c5c(c(=O)c4cc13)[C@@H]1C=C[C@H]5O1)[C@H]1C=C[C@@H]2O1.O=c1c2c(c(=O)c3cc4c(=O)c5c(c(=O)c4cc13)[C@H]1C=C[C@@H]5O1)[C@H]1C=C[C@@H]2O1.O=c1ccc(=O)c2cc3c(=O)ccc(=O)c3cc12.c1ccoc1. The normalized spacial score (nSPS) is 22.6. The lowest BCUT2D eigenvalue weighted by Crippen LogP contribution is -2.25. The molecule has 8 atom stereocenters. The molecule has 0 saturated carbocycles. The van der Waals surface area contributed by atoms with Crippen LogP contribution in [0.5, 0.6) is 0 Å². The number of hydrogen-bond acceptors (Lipinski definition) is 17. The lowest BCUT2D eigenvalue weighted by atomic mass is 9.88.